The van der Waals surface area contributed by atoms with Crippen LogP contribution in [0.2, 0.25) is 0 Å². The summed E-state index contributed by atoms with van der Waals surface area (Å²) in [7, 11) is -2.57. The molecule has 4 rings (SSSR count). The second-order valence-electron chi connectivity index (χ2n) is 7.03. The number of hydrogen-bond donors (Lipinski definition) is 1. The summed E-state index contributed by atoms with van der Waals surface area (Å²) in [4.78, 5) is -0.213. The van der Waals surface area contributed by atoms with Gasteiger partial charge in [0.25, 0.3) is 0 Å². The highest BCUT2D eigenvalue weighted by Crippen LogP contribution is 2.29. The summed E-state index contributed by atoms with van der Waals surface area (Å²) in [5.41, 5.74) is 1.73. The molecule has 1 aromatic heterocycles. The maximum atomic E-state index is 13.2. The predicted molar refractivity (Wildman–Crippen MR) is 120 cm³/mol. The van der Waals surface area contributed by atoms with E-state index < -0.39 is 21.2 Å². The first-order valence-corrected chi connectivity index (χ1v) is 11.9. The SMILES string of the molecule is CN(OS(=O)[O-])c1ccc2ccn(-c3cccc(S(=O)(=O)c4cc(O)cc(C#N)c4)c3)c2c1. The number of phenols is 1. The molecule has 0 saturated heterocycles. The molecular formula is C22H16N3O6S2-. The van der Waals surface area contributed by atoms with E-state index in [9.17, 15) is 22.3 Å². The fraction of sp³-hybridized carbons (Fsp3) is 0.0455. The van der Waals surface area contributed by atoms with Crippen molar-refractivity contribution >= 4 is 37.8 Å². The number of rotatable bonds is 6. The molecule has 1 unspecified atom stereocenters. The molecule has 0 aliphatic rings. The topological polar surface area (TPSA) is 136 Å². The third kappa shape index (κ3) is 4.46. The molecule has 1 heterocycles. The fourth-order valence-corrected chi connectivity index (χ4v) is 5.04. The van der Waals surface area contributed by atoms with Crippen molar-refractivity contribution in [1.82, 2.24) is 4.57 Å². The normalized spacial score (nSPS) is 12.4. The Morgan fingerprint density at radius 1 is 1.09 bits per heavy atom. The minimum atomic E-state index is -4.02. The van der Waals surface area contributed by atoms with Crippen molar-refractivity contribution in [1.29, 1.82) is 5.26 Å². The number of aromatic hydroxyl groups is 1. The van der Waals surface area contributed by atoms with E-state index in [0.29, 0.717) is 16.9 Å². The van der Waals surface area contributed by atoms with Crippen molar-refractivity contribution in [2.24, 2.45) is 0 Å². The average Bonchev–Trinajstić information content (AvgIpc) is 3.21. The van der Waals surface area contributed by atoms with Gasteiger partial charge in [-0.1, -0.05) is 12.1 Å². The molecule has 0 amide bonds. The van der Waals surface area contributed by atoms with Crippen LogP contribution in [0.25, 0.3) is 16.6 Å². The number of hydroxylamine groups is 1. The van der Waals surface area contributed by atoms with Gasteiger partial charge in [0.15, 0.2) is 0 Å². The number of anilines is 1. The highest BCUT2D eigenvalue weighted by molar-refractivity contribution is 7.91. The molecule has 1 N–H and O–H groups in total. The van der Waals surface area contributed by atoms with Gasteiger partial charge in [0.1, 0.15) is 17.1 Å². The van der Waals surface area contributed by atoms with Crippen LogP contribution >= 0.6 is 0 Å². The van der Waals surface area contributed by atoms with Crippen LogP contribution in [-0.4, -0.2) is 33.9 Å². The Labute approximate surface area is 192 Å². The molecule has 0 fully saturated rings. The highest BCUT2D eigenvalue weighted by Gasteiger charge is 2.20. The van der Waals surface area contributed by atoms with E-state index in [4.69, 9.17) is 5.26 Å². The smallest absolute Gasteiger partial charge is 0.206 e. The maximum absolute atomic E-state index is 13.2. The van der Waals surface area contributed by atoms with Crippen LogP contribution in [0.1, 0.15) is 5.56 Å². The van der Waals surface area contributed by atoms with Crippen LogP contribution < -0.4 is 5.06 Å². The molecule has 168 valence electrons. The molecule has 9 nitrogen and oxygen atoms in total. The van der Waals surface area contributed by atoms with Crippen LogP contribution in [0, 0.1) is 11.3 Å². The average molecular weight is 483 g/mol. The first kappa shape index (κ1) is 22.5. The Balaban J connectivity index is 1.79. The number of nitriles is 1. The van der Waals surface area contributed by atoms with Crippen LogP contribution in [0.3, 0.4) is 0 Å². The zero-order chi connectivity index (χ0) is 23.8. The van der Waals surface area contributed by atoms with Gasteiger partial charge in [-0.05, 0) is 54.6 Å². The molecular weight excluding hydrogens is 466 g/mol. The zero-order valence-electron chi connectivity index (χ0n) is 17.1. The molecule has 11 heteroatoms. The van der Waals surface area contributed by atoms with Crippen molar-refractivity contribution in [3.05, 3.63) is 78.5 Å². The van der Waals surface area contributed by atoms with E-state index >= 15 is 0 Å². The van der Waals surface area contributed by atoms with Crippen molar-refractivity contribution < 1.29 is 26.6 Å². The molecule has 0 saturated carbocycles. The van der Waals surface area contributed by atoms with Gasteiger partial charge in [0, 0.05) is 24.3 Å². The number of sulfone groups is 1. The van der Waals surface area contributed by atoms with Gasteiger partial charge >= 0.3 is 0 Å². The molecule has 0 aliphatic carbocycles. The second-order valence-corrected chi connectivity index (χ2v) is 9.54. The fourth-order valence-electron chi connectivity index (χ4n) is 3.41. The summed E-state index contributed by atoms with van der Waals surface area (Å²) in [5, 5.41) is 20.8. The lowest BCUT2D eigenvalue weighted by Crippen LogP contribution is -2.18. The van der Waals surface area contributed by atoms with E-state index in [1.165, 1.54) is 31.3 Å². The van der Waals surface area contributed by atoms with Gasteiger partial charge < -0.3 is 14.2 Å². The first-order chi connectivity index (χ1) is 15.7. The van der Waals surface area contributed by atoms with Crippen LogP contribution in [0.15, 0.2) is 82.7 Å². The summed E-state index contributed by atoms with van der Waals surface area (Å²) < 4.78 is 54.4. The number of aromatic nitrogens is 1. The number of phenolic OH excluding ortho intramolecular Hbond substituents is 1. The predicted octanol–water partition coefficient (Wildman–Crippen LogP) is 3.20. The minimum Gasteiger partial charge on any atom is -0.748 e. The molecule has 0 aliphatic heterocycles. The molecule has 33 heavy (non-hydrogen) atoms. The van der Waals surface area contributed by atoms with Gasteiger partial charge in [0.2, 0.25) is 9.84 Å². The maximum Gasteiger partial charge on any atom is 0.206 e. The van der Waals surface area contributed by atoms with E-state index in [2.05, 4.69) is 4.28 Å². The Bertz CT molecular complexity index is 1540. The Morgan fingerprint density at radius 2 is 1.88 bits per heavy atom. The first-order valence-electron chi connectivity index (χ1n) is 9.41. The molecule has 0 spiro atoms. The lowest BCUT2D eigenvalue weighted by Gasteiger charge is -2.19. The monoisotopic (exact) mass is 482 g/mol. The molecule has 1 atom stereocenters. The lowest BCUT2D eigenvalue weighted by atomic mass is 10.2. The Hall–Kier alpha value is -3.69. The van der Waals surface area contributed by atoms with E-state index in [0.717, 1.165) is 16.5 Å². The number of hydrogen-bond acceptors (Lipinski definition) is 8. The van der Waals surface area contributed by atoms with Gasteiger partial charge in [-0.15, -0.1) is 0 Å². The standard InChI is InChI=1S/C22H17N3O6S2/c1-24(31-32(27)28)17-6-5-16-7-8-25(22(16)12-17)18-3-2-4-20(11-18)33(29,30)21-10-15(14-23)9-19(26)13-21/h2-13,26H,1H3,(H,27,28)/p-1. The third-order valence-corrected chi connectivity index (χ3v) is 7.03. The Kier molecular flexibility index (Phi) is 5.92. The molecule has 4 aromatic rings. The van der Waals surface area contributed by atoms with Gasteiger partial charge in [-0.3, -0.25) is 0 Å². The van der Waals surface area contributed by atoms with E-state index in [1.54, 1.807) is 41.1 Å². The van der Waals surface area contributed by atoms with E-state index in [-0.39, 0.29) is 21.1 Å². The summed E-state index contributed by atoms with van der Waals surface area (Å²) >= 11 is -2.73. The molecule has 0 bridgehead atoms. The van der Waals surface area contributed by atoms with Crippen molar-refractivity contribution in [3.63, 3.8) is 0 Å². The van der Waals surface area contributed by atoms with Crippen LogP contribution in [0.5, 0.6) is 5.75 Å². The molecule has 3 aromatic carbocycles. The largest absolute Gasteiger partial charge is 0.748 e. The molecule has 0 radical (unpaired) electrons. The number of fused-ring (bicyclic) bond motifs is 1. The second kappa shape index (κ2) is 8.68. The van der Waals surface area contributed by atoms with Crippen LogP contribution in [-0.2, 0) is 25.5 Å². The minimum absolute atomic E-state index is 0.0188. The van der Waals surface area contributed by atoms with Crippen molar-refractivity contribution in [2.45, 2.75) is 9.79 Å². The van der Waals surface area contributed by atoms with Gasteiger partial charge in [-0.25, -0.2) is 17.7 Å². The summed E-state index contributed by atoms with van der Waals surface area (Å²) in [6.07, 6.45) is 1.76. The number of nitrogens with zero attached hydrogens (tertiary/aromatic N) is 3. The number of benzene rings is 3. The lowest BCUT2D eigenvalue weighted by molar-refractivity contribution is 0.289. The van der Waals surface area contributed by atoms with Gasteiger partial charge in [-0.2, -0.15) is 9.55 Å². The quantitative estimate of drug-likeness (QED) is 0.327. The van der Waals surface area contributed by atoms with Crippen LogP contribution in [0.4, 0.5) is 5.69 Å². The Morgan fingerprint density at radius 3 is 2.61 bits per heavy atom. The summed E-state index contributed by atoms with van der Waals surface area (Å²) in [5.74, 6) is -0.321. The van der Waals surface area contributed by atoms with Crippen molar-refractivity contribution in [3.8, 4) is 17.5 Å². The third-order valence-electron chi connectivity index (χ3n) is 4.95. The van der Waals surface area contributed by atoms with E-state index in [1.807, 2.05) is 12.1 Å². The summed E-state index contributed by atoms with van der Waals surface area (Å²) in [6, 6.07) is 18.5. The zero-order valence-corrected chi connectivity index (χ0v) is 18.7. The van der Waals surface area contributed by atoms with Gasteiger partial charge in [0.05, 0.1) is 32.6 Å². The van der Waals surface area contributed by atoms with Crippen molar-refractivity contribution in [2.75, 3.05) is 12.1 Å². The summed E-state index contributed by atoms with van der Waals surface area (Å²) in [6.45, 7) is 0. The highest BCUT2D eigenvalue weighted by atomic mass is 32.2.